The van der Waals surface area contributed by atoms with Crippen LogP contribution >= 0.6 is 0 Å². The van der Waals surface area contributed by atoms with Gasteiger partial charge in [0.1, 0.15) is 5.82 Å². The van der Waals surface area contributed by atoms with Crippen LogP contribution in [0.4, 0.5) is 5.69 Å². The smallest absolute Gasteiger partial charge is 0.228 e. The van der Waals surface area contributed by atoms with Gasteiger partial charge in [0.15, 0.2) is 0 Å². The van der Waals surface area contributed by atoms with E-state index in [-0.39, 0.29) is 17.7 Å². The quantitative estimate of drug-likeness (QED) is 0.782. The predicted octanol–water partition coefficient (Wildman–Crippen LogP) is 3.30. The number of likely N-dealkylation sites (tertiary alicyclic amines) is 1. The van der Waals surface area contributed by atoms with Crippen LogP contribution in [0, 0.1) is 11.8 Å². The van der Waals surface area contributed by atoms with E-state index in [1.54, 1.807) is 4.90 Å². The Morgan fingerprint density at radius 2 is 1.90 bits per heavy atom. The second-order valence-corrected chi connectivity index (χ2v) is 8.60. The topological polar surface area (TPSA) is 58.4 Å². The van der Waals surface area contributed by atoms with Crippen molar-refractivity contribution in [1.82, 2.24) is 14.5 Å². The van der Waals surface area contributed by atoms with E-state index in [0.717, 1.165) is 44.0 Å². The maximum atomic E-state index is 13.0. The van der Waals surface area contributed by atoms with Gasteiger partial charge in [-0.25, -0.2) is 4.98 Å². The third-order valence-corrected chi connectivity index (χ3v) is 6.19. The van der Waals surface area contributed by atoms with Crippen LogP contribution in [0.1, 0.15) is 44.9 Å². The number of imidazole rings is 1. The molecule has 3 heterocycles. The zero-order valence-corrected chi connectivity index (χ0v) is 17.3. The molecule has 2 aliphatic rings. The van der Waals surface area contributed by atoms with Crippen LogP contribution in [0.15, 0.2) is 42.7 Å². The molecule has 6 heteroatoms. The summed E-state index contributed by atoms with van der Waals surface area (Å²) in [5.41, 5.74) is 0.882. The molecule has 1 aromatic heterocycles. The Kier molecular flexibility index (Phi) is 5.69. The molecule has 154 valence electrons. The van der Waals surface area contributed by atoms with Crippen LogP contribution in [0.5, 0.6) is 0 Å². The normalized spacial score (nSPS) is 20.7. The van der Waals surface area contributed by atoms with Crippen LogP contribution in [-0.4, -0.2) is 45.9 Å². The van der Waals surface area contributed by atoms with Crippen molar-refractivity contribution >= 4 is 17.5 Å². The summed E-state index contributed by atoms with van der Waals surface area (Å²) >= 11 is 0. The monoisotopic (exact) mass is 394 g/mol. The van der Waals surface area contributed by atoms with Gasteiger partial charge in [-0.3, -0.25) is 9.59 Å². The zero-order valence-electron chi connectivity index (χ0n) is 17.3. The highest BCUT2D eigenvalue weighted by atomic mass is 16.2. The Hall–Kier alpha value is -2.63. The number of aromatic nitrogens is 2. The van der Waals surface area contributed by atoms with Gasteiger partial charge in [-0.05, 0) is 30.9 Å². The molecule has 6 nitrogen and oxygen atoms in total. The summed E-state index contributed by atoms with van der Waals surface area (Å²) in [6.07, 6.45) is 6.27. The van der Waals surface area contributed by atoms with Crippen LogP contribution in [0.2, 0.25) is 0 Å². The fraction of sp³-hybridized carbons (Fsp3) is 0.522. The fourth-order valence-corrected chi connectivity index (χ4v) is 4.58. The van der Waals surface area contributed by atoms with Gasteiger partial charge in [-0.2, -0.15) is 0 Å². The van der Waals surface area contributed by atoms with Gasteiger partial charge in [0.2, 0.25) is 11.8 Å². The van der Waals surface area contributed by atoms with Crippen molar-refractivity contribution in [2.75, 3.05) is 24.5 Å². The average Bonchev–Trinajstić information content (AvgIpc) is 3.35. The number of nitrogens with zero attached hydrogens (tertiary/aromatic N) is 4. The first-order valence-electron chi connectivity index (χ1n) is 10.7. The van der Waals surface area contributed by atoms with E-state index in [0.29, 0.717) is 24.8 Å². The number of anilines is 1. The SMILES string of the molecule is CC(C)c1nccn1CC1CCN(C(=O)C2CC(=O)N(c3ccccc3)C2)CC1. The molecule has 1 aromatic carbocycles. The van der Waals surface area contributed by atoms with Crippen molar-refractivity contribution < 1.29 is 9.59 Å². The molecule has 29 heavy (non-hydrogen) atoms. The first-order valence-corrected chi connectivity index (χ1v) is 10.7. The first-order chi connectivity index (χ1) is 14.0. The number of carbonyl (C=O) groups is 2. The minimum Gasteiger partial charge on any atom is -0.342 e. The largest absolute Gasteiger partial charge is 0.342 e. The highest BCUT2D eigenvalue weighted by Crippen LogP contribution is 2.28. The lowest BCUT2D eigenvalue weighted by molar-refractivity contribution is -0.137. The second-order valence-electron chi connectivity index (χ2n) is 8.60. The van der Waals surface area contributed by atoms with Crippen LogP contribution in [-0.2, 0) is 16.1 Å². The van der Waals surface area contributed by atoms with Gasteiger partial charge in [-0.1, -0.05) is 32.0 Å². The lowest BCUT2D eigenvalue weighted by atomic mass is 9.95. The number of hydrogen-bond donors (Lipinski definition) is 0. The van der Waals surface area contributed by atoms with E-state index in [9.17, 15) is 9.59 Å². The van der Waals surface area contributed by atoms with E-state index in [1.165, 1.54) is 0 Å². The van der Waals surface area contributed by atoms with E-state index in [4.69, 9.17) is 0 Å². The minimum absolute atomic E-state index is 0.0470. The number of benzene rings is 1. The van der Waals surface area contributed by atoms with Crippen molar-refractivity contribution in [2.45, 2.75) is 45.6 Å². The Labute approximate surface area is 172 Å². The Morgan fingerprint density at radius 3 is 2.59 bits per heavy atom. The molecule has 0 N–H and O–H groups in total. The predicted molar refractivity (Wildman–Crippen MR) is 113 cm³/mol. The van der Waals surface area contributed by atoms with Crippen molar-refractivity contribution in [3.8, 4) is 0 Å². The van der Waals surface area contributed by atoms with Gasteiger partial charge >= 0.3 is 0 Å². The van der Waals surface area contributed by atoms with Gasteiger partial charge in [0.25, 0.3) is 0 Å². The zero-order chi connectivity index (χ0) is 20.4. The Bertz CT molecular complexity index is 853. The van der Waals surface area contributed by atoms with Crippen LogP contribution in [0.25, 0.3) is 0 Å². The molecule has 0 radical (unpaired) electrons. The average molecular weight is 395 g/mol. The molecular weight excluding hydrogens is 364 g/mol. The molecule has 2 amide bonds. The van der Waals surface area contributed by atoms with Crippen molar-refractivity contribution in [2.24, 2.45) is 11.8 Å². The van der Waals surface area contributed by atoms with E-state index in [1.807, 2.05) is 41.4 Å². The van der Waals surface area contributed by atoms with Crippen LogP contribution in [0.3, 0.4) is 0 Å². The summed E-state index contributed by atoms with van der Waals surface area (Å²) in [4.78, 5) is 33.7. The summed E-state index contributed by atoms with van der Waals surface area (Å²) in [6.45, 7) is 7.37. The standard InChI is InChI=1S/C23H30N4O2/c1-17(2)22-24-10-13-26(22)15-18-8-11-25(12-9-18)23(29)19-14-21(28)27(16-19)20-6-4-3-5-7-20/h3-7,10,13,17-19H,8-9,11-12,14-16H2,1-2H3. The second kappa shape index (κ2) is 8.39. The molecule has 0 saturated carbocycles. The summed E-state index contributed by atoms with van der Waals surface area (Å²) in [7, 11) is 0. The Morgan fingerprint density at radius 1 is 1.17 bits per heavy atom. The number of para-hydroxylation sites is 1. The molecule has 2 fully saturated rings. The number of hydrogen-bond acceptors (Lipinski definition) is 3. The molecular formula is C23H30N4O2. The third-order valence-electron chi connectivity index (χ3n) is 6.19. The molecule has 2 saturated heterocycles. The number of amides is 2. The van der Waals surface area contributed by atoms with Gasteiger partial charge < -0.3 is 14.4 Å². The van der Waals surface area contributed by atoms with E-state index >= 15 is 0 Å². The maximum absolute atomic E-state index is 13.0. The lowest BCUT2D eigenvalue weighted by Gasteiger charge is -2.34. The molecule has 0 spiro atoms. The van der Waals surface area contributed by atoms with Crippen molar-refractivity contribution in [1.29, 1.82) is 0 Å². The Balaban J connectivity index is 1.31. The molecule has 2 aromatic rings. The molecule has 4 rings (SSSR count). The number of rotatable bonds is 5. The summed E-state index contributed by atoms with van der Waals surface area (Å²) in [5.74, 6) is 2.08. The van der Waals surface area contributed by atoms with Gasteiger partial charge in [0, 0.05) is 56.6 Å². The number of piperidine rings is 1. The maximum Gasteiger partial charge on any atom is 0.228 e. The number of carbonyl (C=O) groups excluding carboxylic acids is 2. The molecule has 1 atom stereocenters. The van der Waals surface area contributed by atoms with Crippen molar-refractivity contribution in [3.63, 3.8) is 0 Å². The summed E-state index contributed by atoms with van der Waals surface area (Å²) in [5, 5.41) is 0. The first kappa shape index (κ1) is 19.7. The van der Waals surface area contributed by atoms with E-state index in [2.05, 4.69) is 29.6 Å². The summed E-state index contributed by atoms with van der Waals surface area (Å²) < 4.78 is 2.26. The van der Waals surface area contributed by atoms with E-state index < -0.39 is 0 Å². The molecule has 0 aliphatic carbocycles. The highest BCUT2D eigenvalue weighted by Gasteiger charge is 2.38. The van der Waals surface area contributed by atoms with Gasteiger partial charge in [0.05, 0.1) is 5.92 Å². The molecule has 0 bridgehead atoms. The fourth-order valence-electron chi connectivity index (χ4n) is 4.58. The van der Waals surface area contributed by atoms with Crippen molar-refractivity contribution in [3.05, 3.63) is 48.5 Å². The highest BCUT2D eigenvalue weighted by molar-refractivity contribution is 6.00. The van der Waals surface area contributed by atoms with Gasteiger partial charge in [-0.15, -0.1) is 0 Å². The molecule has 2 aliphatic heterocycles. The van der Waals surface area contributed by atoms with Crippen LogP contribution < -0.4 is 4.90 Å². The molecule has 1 unspecified atom stereocenters. The lowest BCUT2D eigenvalue weighted by Crippen LogP contribution is -2.43. The summed E-state index contributed by atoms with van der Waals surface area (Å²) in [6, 6.07) is 9.64. The third kappa shape index (κ3) is 4.21. The minimum atomic E-state index is -0.222.